The van der Waals surface area contributed by atoms with E-state index in [4.69, 9.17) is 5.84 Å². The summed E-state index contributed by atoms with van der Waals surface area (Å²) in [5.41, 5.74) is 3.48. The lowest BCUT2D eigenvalue weighted by Crippen LogP contribution is -2.24. The number of hydrogen-bond donors (Lipinski definition) is 3. The van der Waals surface area contributed by atoms with E-state index in [1.165, 1.54) is 6.33 Å². The van der Waals surface area contributed by atoms with Gasteiger partial charge in [0.05, 0.1) is 0 Å². The molecule has 1 heterocycles. The third-order valence-corrected chi connectivity index (χ3v) is 3.27. The molecule has 7 heteroatoms. The summed E-state index contributed by atoms with van der Waals surface area (Å²) >= 11 is 0. The van der Waals surface area contributed by atoms with Crippen LogP contribution < -0.4 is 16.6 Å². The first-order chi connectivity index (χ1) is 8.08. The maximum atomic E-state index is 11.1. The molecule has 0 aliphatic heterocycles. The summed E-state index contributed by atoms with van der Waals surface area (Å²) in [4.78, 5) is 8.24. The number of hydrazine groups is 1. The molecule has 0 amide bonds. The summed E-state index contributed by atoms with van der Waals surface area (Å²) in [5, 5.41) is 3.23. The van der Waals surface area contributed by atoms with E-state index >= 15 is 0 Å². The number of nitrogen functional groups attached to an aromatic ring is 1. The number of nitrogens with zero attached hydrogens (tertiary/aromatic N) is 2. The van der Waals surface area contributed by atoms with Gasteiger partial charge in [-0.05, 0) is 13.3 Å². The molecular weight excluding hydrogens is 238 g/mol. The van der Waals surface area contributed by atoms with Crippen molar-refractivity contribution < 1.29 is 4.21 Å². The minimum Gasteiger partial charge on any atom is -0.366 e. The van der Waals surface area contributed by atoms with Crippen molar-refractivity contribution >= 4 is 22.4 Å². The Morgan fingerprint density at radius 1 is 1.47 bits per heavy atom. The fourth-order valence-corrected chi connectivity index (χ4v) is 2.41. The number of anilines is 2. The van der Waals surface area contributed by atoms with E-state index in [1.807, 2.05) is 13.8 Å². The molecule has 2 atom stereocenters. The SMILES string of the molecule is CCc1c(NN)ncnc1NC(C)CS(C)=O. The van der Waals surface area contributed by atoms with Crippen molar-refractivity contribution in [3.05, 3.63) is 11.9 Å². The molecule has 0 bridgehead atoms. The predicted molar refractivity (Wildman–Crippen MR) is 71.2 cm³/mol. The first-order valence-corrected chi connectivity index (χ1v) is 7.18. The van der Waals surface area contributed by atoms with Gasteiger partial charge >= 0.3 is 0 Å². The van der Waals surface area contributed by atoms with Crippen LogP contribution in [0.2, 0.25) is 0 Å². The largest absolute Gasteiger partial charge is 0.366 e. The van der Waals surface area contributed by atoms with Crippen molar-refractivity contribution in [3.63, 3.8) is 0 Å². The highest BCUT2D eigenvalue weighted by atomic mass is 32.2. The standard InChI is InChI=1S/C10H19N5OS/c1-4-8-9(12-6-13-10(8)15-11)14-7(2)5-17(3)16/h6-7H,4-5,11H2,1-3H3,(H2,12,13,14,15). The van der Waals surface area contributed by atoms with Gasteiger partial charge in [0.2, 0.25) is 0 Å². The Morgan fingerprint density at radius 2 is 2.12 bits per heavy atom. The van der Waals surface area contributed by atoms with E-state index < -0.39 is 10.8 Å². The molecule has 1 aromatic rings. The van der Waals surface area contributed by atoms with Crippen molar-refractivity contribution in [2.24, 2.45) is 5.84 Å². The molecule has 0 radical (unpaired) electrons. The third-order valence-electron chi connectivity index (χ3n) is 2.30. The quantitative estimate of drug-likeness (QED) is 0.508. The fourth-order valence-electron chi connectivity index (χ4n) is 1.62. The van der Waals surface area contributed by atoms with Gasteiger partial charge in [0.1, 0.15) is 18.0 Å². The number of nitrogens with two attached hydrogens (primary N) is 1. The zero-order chi connectivity index (χ0) is 12.8. The van der Waals surface area contributed by atoms with Crippen LogP contribution >= 0.6 is 0 Å². The second-order valence-corrected chi connectivity index (χ2v) is 5.31. The van der Waals surface area contributed by atoms with Gasteiger partial charge in [-0.1, -0.05) is 6.92 Å². The lowest BCUT2D eigenvalue weighted by atomic mass is 10.2. The Balaban J connectivity index is 2.86. The zero-order valence-electron chi connectivity index (χ0n) is 10.4. The number of aromatic nitrogens is 2. The van der Waals surface area contributed by atoms with E-state index in [2.05, 4.69) is 20.7 Å². The summed E-state index contributed by atoms with van der Waals surface area (Å²) in [6.45, 7) is 3.98. The maximum absolute atomic E-state index is 11.1. The van der Waals surface area contributed by atoms with Crippen LogP contribution in [0, 0.1) is 0 Å². The van der Waals surface area contributed by atoms with Crippen LogP contribution in [0.25, 0.3) is 0 Å². The lowest BCUT2D eigenvalue weighted by Gasteiger charge is -2.17. The molecule has 0 saturated heterocycles. The second-order valence-electron chi connectivity index (χ2n) is 3.83. The second kappa shape index (κ2) is 6.51. The van der Waals surface area contributed by atoms with Crippen molar-refractivity contribution in [1.82, 2.24) is 9.97 Å². The maximum Gasteiger partial charge on any atom is 0.148 e. The molecule has 96 valence electrons. The van der Waals surface area contributed by atoms with E-state index in [9.17, 15) is 4.21 Å². The van der Waals surface area contributed by atoms with Crippen LogP contribution in [0.3, 0.4) is 0 Å². The minimum absolute atomic E-state index is 0.0895. The molecule has 1 rings (SSSR count). The molecule has 2 unspecified atom stereocenters. The first kappa shape index (κ1) is 13.9. The lowest BCUT2D eigenvalue weighted by molar-refractivity contribution is 0.682. The fraction of sp³-hybridized carbons (Fsp3) is 0.600. The Bertz CT molecular complexity index is 398. The van der Waals surface area contributed by atoms with E-state index in [0.29, 0.717) is 11.6 Å². The Kier molecular flexibility index (Phi) is 5.30. The summed E-state index contributed by atoms with van der Waals surface area (Å²) in [6.07, 6.45) is 3.91. The molecule has 0 spiro atoms. The highest BCUT2D eigenvalue weighted by Crippen LogP contribution is 2.20. The van der Waals surface area contributed by atoms with Gasteiger partial charge in [-0.2, -0.15) is 0 Å². The molecule has 0 aromatic carbocycles. The Morgan fingerprint density at radius 3 is 2.65 bits per heavy atom. The number of nitrogens with one attached hydrogen (secondary N) is 2. The normalized spacial score (nSPS) is 14.1. The average molecular weight is 257 g/mol. The van der Waals surface area contributed by atoms with Crippen LogP contribution in [0.5, 0.6) is 0 Å². The van der Waals surface area contributed by atoms with Gasteiger partial charge in [-0.3, -0.25) is 4.21 Å². The van der Waals surface area contributed by atoms with Gasteiger partial charge in [-0.15, -0.1) is 0 Å². The van der Waals surface area contributed by atoms with Gasteiger partial charge in [0.15, 0.2) is 0 Å². The van der Waals surface area contributed by atoms with Crippen molar-refractivity contribution in [3.8, 4) is 0 Å². The van der Waals surface area contributed by atoms with Gasteiger partial charge < -0.3 is 10.7 Å². The monoisotopic (exact) mass is 257 g/mol. The highest BCUT2D eigenvalue weighted by molar-refractivity contribution is 7.84. The first-order valence-electron chi connectivity index (χ1n) is 5.45. The Labute approximate surface area is 104 Å². The van der Waals surface area contributed by atoms with Crippen LogP contribution in [0.15, 0.2) is 6.33 Å². The number of rotatable bonds is 6. The third kappa shape index (κ3) is 3.94. The Hall–Kier alpha value is -1.21. The minimum atomic E-state index is -0.831. The van der Waals surface area contributed by atoms with E-state index in [0.717, 1.165) is 17.8 Å². The van der Waals surface area contributed by atoms with E-state index in [-0.39, 0.29) is 6.04 Å². The van der Waals surface area contributed by atoms with Crippen molar-refractivity contribution in [2.75, 3.05) is 22.8 Å². The van der Waals surface area contributed by atoms with Crippen LogP contribution in [-0.2, 0) is 17.2 Å². The topological polar surface area (TPSA) is 92.9 Å². The molecule has 0 saturated carbocycles. The molecular formula is C10H19N5OS. The van der Waals surface area contributed by atoms with Crippen LogP contribution in [0.4, 0.5) is 11.6 Å². The van der Waals surface area contributed by atoms with Crippen LogP contribution in [0.1, 0.15) is 19.4 Å². The summed E-state index contributed by atoms with van der Waals surface area (Å²) in [7, 11) is -0.831. The highest BCUT2D eigenvalue weighted by Gasteiger charge is 2.11. The van der Waals surface area contributed by atoms with Gasteiger partial charge in [0.25, 0.3) is 0 Å². The van der Waals surface area contributed by atoms with Crippen molar-refractivity contribution in [1.29, 1.82) is 0 Å². The van der Waals surface area contributed by atoms with Gasteiger partial charge in [0, 0.05) is 34.4 Å². The zero-order valence-corrected chi connectivity index (χ0v) is 11.2. The molecule has 17 heavy (non-hydrogen) atoms. The average Bonchev–Trinajstić information content (AvgIpc) is 2.27. The molecule has 4 N–H and O–H groups in total. The molecule has 6 nitrogen and oxygen atoms in total. The molecule has 1 aromatic heterocycles. The summed E-state index contributed by atoms with van der Waals surface area (Å²) < 4.78 is 11.1. The predicted octanol–water partition coefficient (Wildman–Crippen LogP) is 0.503. The summed E-state index contributed by atoms with van der Waals surface area (Å²) in [5.74, 6) is 7.34. The van der Waals surface area contributed by atoms with Gasteiger partial charge in [-0.25, -0.2) is 15.8 Å². The number of hydrogen-bond acceptors (Lipinski definition) is 6. The van der Waals surface area contributed by atoms with Crippen molar-refractivity contribution in [2.45, 2.75) is 26.3 Å². The molecule has 0 aliphatic rings. The molecule has 0 fully saturated rings. The van der Waals surface area contributed by atoms with E-state index in [1.54, 1.807) is 6.26 Å². The smallest absolute Gasteiger partial charge is 0.148 e. The molecule has 0 aliphatic carbocycles. The van der Waals surface area contributed by atoms with Crippen LogP contribution in [-0.4, -0.2) is 32.2 Å². The summed E-state index contributed by atoms with van der Waals surface area (Å²) in [6, 6.07) is 0.0895.